The van der Waals surface area contributed by atoms with E-state index in [-0.39, 0.29) is 21.1 Å². The van der Waals surface area contributed by atoms with E-state index in [0.29, 0.717) is 5.75 Å². The predicted molar refractivity (Wildman–Crippen MR) is 78.7 cm³/mol. The molecule has 5 nitrogen and oxygen atoms in total. The summed E-state index contributed by atoms with van der Waals surface area (Å²) in [4.78, 5) is 24.3. The van der Waals surface area contributed by atoms with Crippen LogP contribution in [0.2, 0.25) is 5.02 Å². The third kappa shape index (κ3) is 3.18. The molecule has 108 valence electrons. The highest BCUT2D eigenvalue weighted by molar-refractivity contribution is 9.10. The van der Waals surface area contributed by atoms with Crippen LogP contribution in [0.25, 0.3) is 0 Å². The van der Waals surface area contributed by atoms with E-state index in [1.54, 1.807) is 0 Å². The van der Waals surface area contributed by atoms with Crippen LogP contribution in [-0.4, -0.2) is 39.7 Å². The van der Waals surface area contributed by atoms with E-state index in [1.165, 1.54) is 16.7 Å². The fraction of sp³-hybridized carbons (Fsp3) is 0.273. The number of hydrogen-bond acceptors (Lipinski definition) is 3. The van der Waals surface area contributed by atoms with Gasteiger partial charge in [-0.2, -0.15) is 0 Å². The fourth-order valence-corrected chi connectivity index (χ4v) is 3.73. The van der Waals surface area contributed by atoms with Gasteiger partial charge in [0.25, 0.3) is 0 Å². The first-order valence-electron chi connectivity index (χ1n) is 5.43. The lowest BCUT2D eigenvalue weighted by atomic mass is 10.3. The molecule has 0 bridgehead atoms. The summed E-state index contributed by atoms with van der Waals surface area (Å²) in [5, 5.41) is 11.6. The van der Waals surface area contributed by atoms with Gasteiger partial charge in [-0.3, -0.25) is 0 Å². The van der Waals surface area contributed by atoms with Crippen molar-refractivity contribution in [3.63, 3.8) is 0 Å². The van der Waals surface area contributed by atoms with E-state index in [1.807, 2.05) is 0 Å². The maximum Gasteiger partial charge on any atom is 0.327 e. The maximum absolute atomic E-state index is 13.1. The number of urea groups is 1. The van der Waals surface area contributed by atoms with Crippen LogP contribution in [0.5, 0.6) is 0 Å². The van der Waals surface area contributed by atoms with Crippen LogP contribution in [0.15, 0.2) is 16.6 Å². The summed E-state index contributed by atoms with van der Waals surface area (Å²) in [6, 6.07) is 0.763. The zero-order valence-corrected chi connectivity index (χ0v) is 13.1. The fourth-order valence-electron chi connectivity index (χ4n) is 1.69. The van der Waals surface area contributed by atoms with Gasteiger partial charge < -0.3 is 15.3 Å². The third-order valence-electron chi connectivity index (χ3n) is 2.67. The number of thioether (sulfide) groups is 1. The summed E-state index contributed by atoms with van der Waals surface area (Å²) in [5.74, 6) is -0.991. The standard InChI is InChI=1S/C11H9BrClFN2O3S/c12-6-1-5(14)2-7(13)9(6)15-11(19)16-4-20-3-8(16)10(17)18/h1-2,8H,3-4H2,(H,15,19)(H,17,18). The summed E-state index contributed by atoms with van der Waals surface area (Å²) in [7, 11) is 0. The van der Waals surface area contributed by atoms with Gasteiger partial charge in [0.2, 0.25) is 0 Å². The van der Waals surface area contributed by atoms with Gasteiger partial charge >= 0.3 is 12.0 Å². The van der Waals surface area contributed by atoms with Crippen LogP contribution in [-0.2, 0) is 4.79 Å². The number of rotatable bonds is 2. The van der Waals surface area contributed by atoms with Crippen LogP contribution in [0, 0.1) is 5.82 Å². The van der Waals surface area contributed by atoms with E-state index < -0.39 is 23.9 Å². The molecule has 0 spiro atoms. The SMILES string of the molecule is O=C(O)C1CSCN1C(=O)Nc1c(Cl)cc(F)cc1Br. The number of carboxylic acid groups (broad SMARTS) is 1. The Kier molecular flexibility index (Phi) is 4.77. The van der Waals surface area contributed by atoms with Crippen LogP contribution < -0.4 is 5.32 Å². The van der Waals surface area contributed by atoms with E-state index in [4.69, 9.17) is 16.7 Å². The highest BCUT2D eigenvalue weighted by atomic mass is 79.9. The largest absolute Gasteiger partial charge is 0.480 e. The van der Waals surface area contributed by atoms with Crippen molar-refractivity contribution >= 4 is 57.0 Å². The zero-order chi connectivity index (χ0) is 14.9. The van der Waals surface area contributed by atoms with Gasteiger partial charge in [-0.15, -0.1) is 11.8 Å². The highest BCUT2D eigenvalue weighted by Crippen LogP contribution is 2.32. The van der Waals surface area contributed by atoms with Crippen molar-refractivity contribution < 1.29 is 19.1 Å². The summed E-state index contributed by atoms with van der Waals surface area (Å²) in [6.45, 7) is 0. The minimum atomic E-state index is -1.06. The van der Waals surface area contributed by atoms with Gasteiger partial charge in [-0.25, -0.2) is 14.0 Å². The number of carbonyl (C=O) groups is 2. The third-order valence-corrected chi connectivity index (χ3v) is 4.60. The Morgan fingerprint density at radius 3 is 2.85 bits per heavy atom. The maximum atomic E-state index is 13.1. The topological polar surface area (TPSA) is 69.6 Å². The quantitative estimate of drug-likeness (QED) is 0.822. The molecule has 0 saturated carbocycles. The second-order valence-electron chi connectivity index (χ2n) is 4.00. The molecule has 0 aliphatic carbocycles. The molecule has 2 N–H and O–H groups in total. The minimum absolute atomic E-state index is 0.0314. The van der Waals surface area contributed by atoms with Crippen LogP contribution in [0.4, 0.5) is 14.9 Å². The average molecular weight is 384 g/mol. The van der Waals surface area contributed by atoms with Gasteiger partial charge in [0.05, 0.1) is 16.6 Å². The van der Waals surface area contributed by atoms with Gasteiger partial charge in [-0.05, 0) is 28.1 Å². The summed E-state index contributed by atoms with van der Waals surface area (Å²) < 4.78 is 13.4. The predicted octanol–water partition coefficient (Wildman–Crippen LogP) is 3.23. The lowest BCUT2D eigenvalue weighted by molar-refractivity contribution is -0.140. The monoisotopic (exact) mass is 382 g/mol. The molecule has 1 fully saturated rings. The molecule has 20 heavy (non-hydrogen) atoms. The first-order valence-corrected chi connectivity index (χ1v) is 7.75. The number of amides is 2. The molecule has 1 heterocycles. The van der Waals surface area contributed by atoms with E-state index in [2.05, 4.69) is 21.2 Å². The Labute approximate surface area is 131 Å². The molecular formula is C11H9BrClFN2O3S. The van der Waals surface area contributed by atoms with Crippen molar-refractivity contribution in [3.05, 3.63) is 27.4 Å². The average Bonchev–Trinajstić information content (AvgIpc) is 2.82. The second kappa shape index (κ2) is 6.19. The zero-order valence-electron chi connectivity index (χ0n) is 9.90. The summed E-state index contributed by atoms with van der Waals surface area (Å²) in [5.41, 5.74) is 0.208. The number of benzene rings is 1. The molecule has 2 amide bonds. The van der Waals surface area contributed by atoms with E-state index in [0.717, 1.165) is 12.1 Å². The van der Waals surface area contributed by atoms with Crippen molar-refractivity contribution in [1.82, 2.24) is 4.90 Å². The minimum Gasteiger partial charge on any atom is -0.480 e. The second-order valence-corrected chi connectivity index (χ2v) is 6.26. The molecule has 2 rings (SSSR count). The summed E-state index contributed by atoms with van der Waals surface area (Å²) in [6.07, 6.45) is 0. The molecule has 1 aliphatic heterocycles. The number of hydrogen-bond donors (Lipinski definition) is 2. The first kappa shape index (κ1) is 15.4. The number of halogens is 3. The van der Waals surface area contributed by atoms with Crippen LogP contribution in [0.1, 0.15) is 0 Å². The molecular weight excluding hydrogens is 375 g/mol. The van der Waals surface area contributed by atoms with E-state index in [9.17, 15) is 14.0 Å². The molecule has 1 saturated heterocycles. The van der Waals surface area contributed by atoms with Crippen molar-refractivity contribution in [2.45, 2.75) is 6.04 Å². The van der Waals surface area contributed by atoms with Crippen molar-refractivity contribution in [3.8, 4) is 0 Å². The Bertz CT molecular complexity index is 552. The van der Waals surface area contributed by atoms with Crippen molar-refractivity contribution in [2.24, 2.45) is 0 Å². The lowest BCUT2D eigenvalue weighted by Crippen LogP contribution is -2.44. The highest BCUT2D eigenvalue weighted by Gasteiger charge is 2.35. The number of nitrogens with one attached hydrogen (secondary N) is 1. The Morgan fingerprint density at radius 2 is 2.25 bits per heavy atom. The Hall–Kier alpha value is -0.990. The number of nitrogens with zero attached hydrogens (tertiary/aromatic N) is 1. The number of aliphatic carboxylic acids is 1. The number of carbonyl (C=O) groups excluding carboxylic acids is 1. The lowest BCUT2D eigenvalue weighted by Gasteiger charge is -2.21. The molecule has 1 aromatic carbocycles. The molecule has 1 atom stereocenters. The van der Waals surface area contributed by atoms with Crippen LogP contribution in [0.3, 0.4) is 0 Å². The van der Waals surface area contributed by atoms with E-state index >= 15 is 0 Å². The van der Waals surface area contributed by atoms with Crippen LogP contribution >= 0.6 is 39.3 Å². The molecule has 0 radical (unpaired) electrons. The molecule has 1 aromatic rings. The van der Waals surface area contributed by atoms with Gasteiger partial charge in [-0.1, -0.05) is 11.6 Å². The Balaban J connectivity index is 2.18. The normalized spacial score (nSPS) is 18.1. The van der Waals surface area contributed by atoms with Crippen molar-refractivity contribution in [2.75, 3.05) is 16.9 Å². The smallest absolute Gasteiger partial charge is 0.327 e. The molecule has 9 heteroatoms. The van der Waals surface area contributed by atoms with Crippen molar-refractivity contribution in [1.29, 1.82) is 0 Å². The molecule has 1 aliphatic rings. The molecule has 0 aromatic heterocycles. The number of carboxylic acids is 1. The summed E-state index contributed by atoms with van der Waals surface area (Å²) >= 11 is 10.3. The first-order chi connectivity index (χ1) is 9.40. The number of anilines is 1. The molecule has 1 unspecified atom stereocenters. The van der Waals surface area contributed by atoms with Gasteiger partial charge in [0.1, 0.15) is 11.9 Å². The van der Waals surface area contributed by atoms with Gasteiger partial charge in [0, 0.05) is 10.2 Å². The van der Waals surface area contributed by atoms with Gasteiger partial charge in [0.15, 0.2) is 0 Å². The Morgan fingerprint density at radius 1 is 1.55 bits per heavy atom.